The second-order valence-electron chi connectivity index (χ2n) is 6.91. The molecule has 0 saturated carbocycles. The first-order valence-electron chi connectivity index (χ1n) is 8.03. The van der Waals surface area contributed by atoms with Crippen LogP contribution in [0.5, 0.6) is 0 Å². The second kappa shape index (κ2) is 7.25. The van der Waals surface area contributed by atoms with Gasteiger partial charge < -0.3 is 14.7 Å². The predicted octanol–water partition coefficient (Wildman–Crippen LogP) is 1.48. The maximum atomic E-state index is 5.31. The number of aryl methyl sites for hydroxylation is 1. The third kappa shape index (κ3) is 3.98. The van der Waals surface area contributed by atoms with Crippen molar-refractivity contribution in [2.45, 2.75) is 33.2 Å². The van der Waals surface area contributed by atoms with Crippen LogP contribution >= 0.6 is 12.4 Å². The van der Waals surface area contributed by atoms with Crippen molar-refractivity contribution in [3.8, 4) is 0 Å². The average Bonchev–Trinajstić information content (AvgIpc) is 3.08. The Morgan fingerprint density at radius 1 is 1.32 bits per heavy atom. The van der Waals surface area contributed by atoms with Gasteiger partial charge in [-0.15, -0.1) is 12.4 Å². The van der Waals surface area contributed by atoms with Crippen molar-refractivity contribution < 1.29 is 4.52 Å². The molecule has 2 aliphatic heterocycles. The SMILES string of the molecule is Cc1noc(C(C)N2CCN(CC3(C)CCNC3)CC2)n1.Cl. The normalized spacial score (nSPS) is 28.5. The van der Waals surface area contributed by atoms with Crippen molar-refractivity contribution in [3.05, 3.63) is 11.7 Å². The largest absolute Gasteiger partial charge is 0.338 e. The first-order chi connectivity index (χ1) is 10.1. The molecule has 1 aromatic rings. The highest BCUT2D eigenvalue weighted by molar-refractivity contribution is 5.85. The lowest BCUT2D eigenvalue weighted by Crippen LogP contribution is -2.50. The van der Waals surface area contributed by atoms with Crippen molar-refractivity contribution in [2.75, 3.05) is 45.8 Å². The standard InChI is InChI=1S/C15H27N5O.ClH/c1-12(14-17-13(2)18-21-14)20-8-6-19(7-9-20)11-15(3)4-5-16-10-15;/h12,16H,4-11H2,1-3H3;1H. The third-order valence-electron chi connectivity index (χ3n) is 4.92. The van der Waals surface area contributed by atoms with Gasteiger partial charge in [0.05, 0.1) is 6.04 Å². The van der Waals surface area contributed by atoms with E-state index < -0.39 is 0 Å². The lowest BCUT2D eigenvalue weighted by Gasteiger charge is -2.40. The quantitative estimate of drug-likeness (QED) is 0.903. The molecule has 3 rings (SSSR count). The molecule has 2 saturated heterocycles. The maximum absolute atomic E-state index is 5.31. The lowest BCUT2D eigenvalue weighted by atomic mass is 9.89. The minimum absolute atomic E-state index is 0. The monoisotopic (exact) mass is 329 g/mol. The minimum atomic E-state index is 0. The fraction of sp³-hybridized carbons (Fsp3) is 0.867. The van der Waals surface area contributed by atoms with Gasteiger partial charge in [-0.1, -0.05) is 12.1 Å². The molecular formula is C15H28ClN5O. The van der Waals surface area contributed by atoms with Gasteiger partial charge >= 0.3 is 0 Å². The van der Waals surface area contributed by atoms with Crippen molar-refractivity contribution in [3.63, 3.8) is 0 Å². The number of nitrogens with zero attached hydrogens (tertiary/aromatic N) is 4. The van der Waals surface area contributed by atoms with Crippen LogP contribution in [0.15, 0.2) is 4.52 Å². The molecule has 7 heteroatoms. The number of aromatic nitrogens is 2. The summed E-state index contributed by atoms with van der Waals surface area (Å²) in [6.07, 6.45) is 1.30. The van der Waals surface area contributed by atoms with Gasteiger partial charge in [-0.2, -0.15) is 4.98 Å². The van der Waals surface area contributed by atoms with E-state index in [0.29, 0.717) is 5.41 Å². The van der Waals surface area contributed by atoms with E-state index >= 15 is 0 Å². The molecule has 1 N–H and O–H groups in total. The summed E-state index contributed by atoms with van der Waals surface area (Å²) in [5.41, 5.74) is 0.456. The van der Waals surface area contributed by atoms with Crippen LogP contribution in [0, 0.1) is 12.3 Å². The van der Waals surface area contributed by atoms with Crippen LogP contribution in [0.25, 0.3) is 0 Å². The molecule has 22 heavy (non-hydrogen) atoms. The van der Waals surface area contributed by atoms with E-state index in [1.54, 1.807) is 0 Å². The minimum Gasteiger partial charge on any atom is -0.338 e. The topological polar surface area (TPSA) is 57.4 Å². The van der Waals surface area contributed by atoms with Gasteiger partial charge in [0.2, 0.25) is 5.89 Å². The summed E-state index contributed by atoms with van der Waals surface area (Å²) < 4.78 is 5.31. The number of hydrogen-bond acceptors (Lipinski definition) is 6. The van der Waals surface area contributed by atoms with Crippen molar-refractivity contribution >= 4 is 12.4 Å². The van der Waals surface area contributed by atoms with E-state index in [-0.39, 0.29) is 18.4 Å². The summed E-state index contributed by atoms with van der Waals surface area (Å²) in [4.78, 5) is 9.41. The summed E-state index contributed by atoms with van der Waals surface area (Å²) in [5, 5.41) is 7.38. The Labute approximate surface area is 139 Å². The van der Waals surface area contributed by atoms with Crippen LogP contribution in [-0.2, 0) is 0 Å². The fourth-order valence-electron chi connectivity index (χ4n) is 3.49. The summed E-state index contributed by atoms with van der Waals surface area (Å²) in [6, 6.07) is 0.220. The summed E-state index contributed by atoms with van der Waals surface area (Å²) in [5.74, 6) is 1.46. The highest BCUT2D eigenvalue weighted by Gasteiger charge is 2.33. The van der Waals surface area contributed by atoms with Crippen LogP contribution in [0.1, 0.15) is 38.0 Å². The van der Waals surface area contributed by atoms with E-state index in [4.69, 9.17) is 4.52 Å². The van der Waals surface area contributed by atoms with Crippen LogP contribution < -0.4 is 5.32 Å². The van der Waals surface area contributed by atoms with Gasteiger partial charge in [-0.25, -0.2) is 0 Å². The Bertz CT molecular complexity index is 466. The predicted molar refractivity (Wildman–Crippen MR) is 88.3 cm³/mol. The molecule has 0 amide bonds. The first kappa shape index (κ1) is 17.7. The zero-order chi connectivity index (χ0) is 14.9. The molecule has 2 fully saturated rings. The molecule has 0 aliphatic carbocycles. The molecule has 0 radical (unpaired) electrons. The van der Waals surface area contributed by atoms with E-state index in [2.05, 4.69) is 39.1 Å². The Kier molecular flexibility index (Phi) is 5.82. The zero-order valence-corrected chi connectivity index (χ0v) is 14.7. The second-order valence-corrected chi connectivity index (χ2v) is 6.91. The van der Waals surface area contributed by atoms with Crippen LogP contribution in [0.4, 0.5) is 0 Å². The summed E-state index contributed by atoms with van der Waals surface area (Å²) in [6.45, 7) is 14.4. The molecular weight excluding hydrogens is 302 g/mol. The van der Waals surface area contributed by atoms with Crippen LogP contribution in [-0.4, -0.2) is 65.8 Å². The average molecular weight is 330 g/mol. The highest BCUT2D eigenvalue weighted by atomic mass is 35.5. The molecule has 2 aliphatic rings. The summed E-state index contributed by atoms with van der Waals surface area (Å²) in [7, 11) is 0. The number of rotatable bonds is 4. The van der Waals surface area contributed by atoms with Gasteiger partial charge in [0.25, 0.3) is 0 Å². The number of piperazine rings is 1. The smallest absolute Gasteiger partial charge is 0.243 e. The third-order valence-corrected chi connectivity index (χ3v) is 4.92. The van der Waals surface area contributed by atoms with Gasteiger partial charge in [0.1, 0.15) is 0 Å². The number of nitrogens with one attached hydrogen (secondary N) is 1. The number of halogens is 1. The van der Waals surface area contributed by atoms with Gasteiger partial charge in [-0.05, 0) is 32.2 Å². The maximum Gasteiger partial charge on any atom is 0.243 e. The lowest BCUT2D eigenvalue weighted by molar-refractivity contribution is 0.0665. The van der Waals surface area contributed by atoms with Crippen molar-refractivity contribution in [1.29, 1.82) is 0 Å². The molecule has 0 aromatic carbocycles. The number of hydrogen-bond donors (Lipinski definition) is 1. The zero-order valence-electron chi connectivity index (χ0n) is 13.8. The summed E-state index contributed by atoms with van der Waals surface area (Å²) >= 11 is 0. The molecule has 0 spiro atoms. The Morgan fingerprint density at radius 3 is 2.59 bits per heavy atom. The van der Waals surface area contributed by atoms with E-state index in [1.807, 2.05) is 6.92 Å². The Balaban J connectivity index is 0.00000176. The van der Waals surface area contributed by atoms with E-state index in [1.165, 1.54) is 19.5 Å². The van der Waals surface area contributed by atoms with E-state index in [0.717, 1.165) is 44.4 Å². The Hall–Kier alpha value is -0.690. The molecule has 2 unspecified atom stereocenters. The van der Waals surface area contributed by atoms with Crippen LogP contribution in [0.2, 0.25) is 0 Å². The van der Waals surface area contributed by atoms with Crippen molar-refractivity contribution in [2.24, 2.45) is 5.41 Å². The molecule has 126 valence electrons. The fourth-order valence-corrected chi connectivity index (χ4v) is 3.49. The first-order valence-corrected chi connectivity index (χ1v) is 8.03. The Morgan fingerprint density at radius 2 is 2.05 bits per heavy atom. The van der Waals surface area contributed by atoms with Gasteiger partial charge in [-0.3, -0.25) is 4.90 Å². The molecule has 6 nitrogen and oxygen atoms in total. The highest BCUT2D eigenvalue weighted by Crippen LogP contribution is 2.27. The van der Waals surface area contributed by atoms with Gasteiger partial charge in [0.15, 0.2) is 5.82 Å². The molecule has 3 heterocycles. The molecule has 1 aromatic heterocycles. The van der Waals surface area contributed by atoms with E-state index in [9.17, 15) is 0 Å². The molecule has 0 bridgehead atoms. The van der Waals surface area contributed by atoms with Crippen LogP contribution in [0.3, 0.4) is 0 Å². The van der Waals surface area contributed by atoms with Crippen molar-refractivity contribution in [1.82, 2.24) is 25.3 Å². The van der Waals surface area contributed by atoms with Gasteiger partial charge in [0, 0.05) is 39.3 Å². The molecule has 2 atom stereocenters.